The van der Waals surface area contributed by atoms with Gasteiger partial charge in [0.1, 0.15) is 12.3 Å². The van der Waals surface area contributed by atoms with Gasteiger partial charge in [-0.3, -0.25) is 4.79 Å². The van der Waals surface area contributed by atoms with Crippen LogP contribution in [0.25, 0.3) is 10.9 Å². The molecule has 0 saturated carbocycles. The van der Waals surface area contributed by atoms with Crippen molar-refractivity contribution in [3.8, 4) is 0 Å². The smallest absolute Gasteiger partial charge is 0.433 e. The zero-order valence-electron chi connectivity index (χ0n) is 18.0. The largest absolute Gasteiger partial charge is 0.463 e. The molecule has 0 unspecified atom stereocenters. The number of benzene rings is 1. The van der Waals surface area contributed by atoms with Gasteiger partial charge in [-0.1, -0.05) is 0 Å². The van der Waals surface area contributed by atoms with Crippen LogP contribution in [0.15, 0.2) is 22.7 Å². The van der Waals surface area contributed by atoms with Crippen molar-refractivity contribution in [3.05, 3.63) is 39.5 Å². The van der Waals surface area contributed by atoms with E-state index >= 15 is 0 Å². The summed E-state index contributed by atoms with van der Waals surface area (Å²) in [6, 6.07) is 4.07. The number of nitrogens with zero attached hydrogens (tertiary/aromatic N) is 1. The van der Waals surface area contributed by atoms with Gasteiger partial charge in [0.25, 0.3) is 0 Å². The molecule has 1 aromatic carbocycles. The Hall–Kier alpha value is -1.67. The summed E-state index contributed by atoms with van der Waals surface area (Å²) in [5.74, 6) is -0.289. The number of esters is 1. The highest BCUT2D eigenvalue weighted by Gasteiger charge is 2.33. The molecule has 2 rings (SSSR count). The molecule has 1 aromatic heterocycles. The summed E-state index contributed by atoms with van der Waals surface area (Å²) in [6.07, 6.45) is -3.97. The number of aryl methyl sites for hydroxylation is 1. The highest BCUT2D eigenvalue weighted by molar-refractivity contribution is 9.10. The van der Waals surface area contributed by atoms with Crippen molar-refractivity contribution in [3.63, 3.8) is 0 Å². The summed E-state index contributed by atoms with van der Waals surface area (Å²) in [5.41, 5.74) is -0.0251. The highest BCUT2D eigenvalue weighted by Crippen LogP contribution is 2.35. The van der Waals surface area contributed by atoms with E-state index in [4.69, 9.17) is 9.47 Å². The van der Waals surface area contributed by atoms with Crippen molar-refractivity contribution < 1.29 is 27.4 Å². The van der Waals surface area contributed by atoms with E-state index in [1.54, 1.807) is 26.8 Å². The average molecular weight is 490 g/mol. The van der Waals surface area contributed by atoms with Crippen molar-refractivity contribution in [2.24, 2.45) is 5.41 Å². The summed E-state index contributed by atoms with van der Waals surface area (Å²) in [5, 5.41) is 0.610. The molecule has 0 bridgehead atoms. The maximum Gasteiger partial charge on any atom is 0.433 e. The van der Waals surface area contributed by atoms with Gasteiger partial charge in [-0.2, -0.15) is 13.2 Å². The first kappa shape index (κ1) is 24.6. The van der Waals surface area contributed by atoms with E-state index in [0.29, 0.717) is 16.3 Å². The van der Waals surface area contributed by atoms with Crippen molar-refractivity contribution in [2.75, 3.05) is 13.2 Å². The van der Waals surface area contributed by atoms with Crippen LogP contribution in [0.1, 0.15) is 51.4 Å². The Kier molecular flexibility index (Phi) is 7.24. The minimum absolute atomic E-state index is 0.154. The fraction of sp³-hybridized carbons (Fsp3) is 0.545. The molecular formula is C22H27BrF3NO3. The number of carbonyl (C=O) groups excluding carboxylic acids is 1. The molecule has 0 atom stereocenters. The zero-order chi connectivity index (χ0) is 22.9. The number of pyridine rings is 1. The Balaban J connectivity index is 2.15. The first-order valence-corrected chi connectivity index (χ1v) is 10.4. The summed E-state index contributed by atoms with van der Waals surface area (Å²) < 4.78 is 50.7. The number of rotatable bonds is 6. The Labute approximate surface area is 183 Å². The van der Waals surface area contributed by atoms with Crippen LogP contribution in [-0.2, 0) is 26.9 Å². The maximum atomic E-state index is 13.0. The van der Waals surface area contributed by atoms with Crippen molar-refractivity contribution in [1.82, 2.24) is 4.98 Å². The Morgan fingerprint density at radius 2 is 1.73 bits per heavy atom. The SMILES string of the molecule is Cc1cc2nc(C(F)(F)F)ccc2c(Br)c1CC(C)(C)OCCOC(=O)C(C)(C)C. The second-order valence-corrected chi connectivity index (χ2v) is 9.71. The minimum atomic E-state index is -4.49. The van der Waals surface area contributed by atoms with E-state index < -0.39 is 22.9 Å². The molecule has 2 aromatic rings. The number of ether oxygens (including phenoxy) is 2. The lowest BCUT2D eigenvalue weighted by Gasteiger charge is -2.27. The van der Waals surface area contributed by atoms with Gasteiger partial charge >= 0.3 is 12.1 Å². The summed E-state index contributed by atoms with van der Waals surface area (Å²) in [7, 11) is 0. The first-order chi connectivity index (χ1) is 13.6. The Morgan fingerprint density at radius 1 is 1.10 bits per heavy atom. The van der Waals surface area contributed by atoms with E-state index in [-0.39, 0.29) is 24.7 Å². The molecule has 8 heteroatoms. The predicted molar refractivity (Wildman–Crippen MR) is 113 cm³/mol. The van der Waals surface area contributed by atoms with Crippen LogP contribution < -0.4 is 0 Å². The van der Waals surface area contributed by atoms with E-state index in [1.807, 2.05) is 20.8 Å². The van der Waals surface area contributed by atoms with Gasteiger partial charge in [0.15, 0.2) is 0 Å². The quantitative estimate of drug-likeness (QED) is 0.355. The van der Waals surface area contributed by atoms with Gasteiger partial charge in [0, 0.05) is 16.3 Å². The van der Waals surface area contributed by atoms with Gasteiger partial charge in [0.2, 0.25) is 0 Å². The molecule has 0 saturated heterocycles. The molecule has 0 spiro atoms. The molecule has 166 valence electrons. The summed E-state index contributed by atoms with van der Waals surface area (Å²) >= 11 is 3.54. The van der Waals surface area contributed by atoms with Crippen LogP contribution in [0, 0.1) is 12.3 Å². The van der Waals surface area contributed by atoms with Crippen LogP contribution in [0.5, 0.6) is 0 Å². The molecule has 4 nitrogen and oxygen atoms in total. The number of halogens is 4. The van der Waals surface area contributed by atoms with Crippen LogP contribution in [0.2, 0.25) is 0 Å². The fourth-order valence-electron chi connectivity index (χ4n) is 2.92. The number of carbonyl (C=O) groups is 1. The standard InChI is InChI=1S/C22H27BrF3NO3/c1-13-11-16-14(7-8-17(27-16)22(24,25)26)18(23)15(13)12-21(5,6)30-10-9-29-19(28)20(2,3)4/h7-8,11H,9-10,12H2,1-6H3. The van der Waals surface area contributed by atoms with Crippen molar-refractivity contribution >= 4 is 32.8 Å². The Bertz CT molecular complexity index is 934. The third kappa shape index (κ3) is 6.17. The maximum absolute atomic E-state index is 13.0. The lowest BCUT2D eigenvalue weighted by atomic mass is 9.93. The number of fused-ring (bicyclic) bond motifs is 1. The monoisotopic (exact) mass is 489 g/mol. The van der Waals surface area contributed by atoms with Gasteiger partial charge in [-0.05, 0) is 86.8 Å². The molecule has 0 aliphatic rings. The van der Waals surface area contributed by atoms with Crippen LogP contribution in [0.3, 0.4) is 0 Å². The van der Waals surface area contributed by atoms with Gasteiger partial charge in [0.05, 0.1) is 23.1 Å². The zero-order valence-corrected chi connectivity index (χ0v) is 19.6. The van der Waals surface area contributed by atoms with Gasteiger partial charge < -0.3 is 9.47 Å². The van der Waals surface area contributed by atoms with Crippen molar-refractivity contribution in [2.45, 2.75) is 59.7 Å². The third-order valence-electron chi connectivity index (χ3n) is 4.57. The number of hydrogen-bond donors (Lipinski definition) is 0. The second-order valence-electron chi connectivity index (χ2n) is 8.92. The second kappa shape index (κ2) is 8.83. The third-order valence-corrected chi connectivity index (χ3v) is 5.48. The number of aromatic nitrogens is 1. The van der Waals surface area contributed by atoms with E-state index in [9.17, 15) is 18.0 Å². The average Bonchev–Trinajstić information content (AvgIpc) is 2.60. The van der Waals surface area contributed by atoms with Crippen LogP contribution >= 0.6 is 15.9 Å². The Morgan fingerprint density at radius 3 is 2.30 bits per heavy atom. The molecule has 30 heavy (non-hydrogen) atoms. The molecule has 0 amide bonds. The van der Waals surface area contributed by atoms with E-state index in [2.05, 4.69) is 20.9 Å². The fourth-order valence-corrected chi connectivity index (χ4v) is 3.71. The van der Waals surface area contributed by atoms with E-state index in [1.165, 1.54) is 6.07 Å². The first-order valence-electron chi connectivity index (χ1n) is 9.59. The van der Waals surface area contributed by atoms with Gasteiger partial charge in [-0.25, -0.2) is 4.98 Å². The summed E-state index contributed by atoms with van der Waals surface area (Å²) in [6.45, 7) is 11.4. The molecule has 0 N–H and O–H groups in total. The van der Waals surface area contributed by atoms with Crippen molar-refractivity contribution in [1.29, 1.82) is 0 Å². The van der Waals surface area contributed by atoms with E-state index in [0.717, 1.165) is 17.2 Å². The van der Waals surface area contributed by atoms with Gasteiger partial charge in [-0.15, -0.1) is 0 Å². The minimum Gasteiger partial charge on any atom is -0.463 e. The number of alkyl halides is 3. The molecule has 1 heterocycles. The predicted octanol–water partition coefficient (Wildman–Crippen LogP) is 6.25. The lowest BCUT2D eigenvalue weighted by Crippen LogP contribution is -2.31. The highest BCUT2D eigenvalue weighted by atomic mass is 79.9. The molecule has 0 radical (unpaired) electrons. The topological polar surface area (TPSA) is 48.4 Å². The normalized spacial score (nSPS) is 13.0. The lowest BCUT2D eigenvalue weighted by molar-refractivity contribution is -0.156. The van der Waals surface area contributed by atoms with Crippen LogP contribution in [0.4, 0.5) is 13.2 Å². The molecular weight excluding hydrogens is 463 g/mol. The van der Waals surface area contributed by atoms with Crippen LogP contribution in [-0.4, -0.2) is 29.8 Å². The summed E-state index contributed by atoms with van der Waals surface area (Å²) in [4.78, 5) is 15.6. The molecule has 0 fully saturated rings. The molecule has 0 aliphatic carbocycles. The molecule has 0 aliphatic heterocycles. The number of hydrogen-bond acceptors (Lipinski definition) is 4.